The van der Waals surface area contributed by atoms with Crippen molar-refractivity contribution in [3.05, 3.63) is 34.9 Å². The fourth-order valence-electron chi connectivity index (χ4n) is 4.84. The number of piperidine rings is 1. The van der Waals surface area contributed by atoms with Crippen LogP contribution in [0.2, 0.25) is 5.02 Å². The van der Waals surface area contributed by atoms with Gasteiger partial charge in [0.05, 0.1) is 0 Å². The molecule has 1 unspecified atom stereocenters. The molecule has 3 heteroatoms. The number of nitrogens with zero attached hydrogens (tertiary/aromatic N) is 1. The minimum Gasteiger partial charge on any atom is -0.317 e. The van der Waals surface area contributed by atoms with E-state index in [0.717, 1.165) is 10.9 Å². The molecule has 0 radical (unpaired) electrons. The molecule has 1 saturated carbocycles. The van der Waals surface area contributed by atoms with Crippen molar-refractivity contribution in [1.82, 2.24) is 10.2 Å². The summed E-state index contributed by atoms with van der Waals surface area (Å²) in [5, 5.41) is 4.34. The highest BCUT2D eigenvalue weighted by Crippen LogP contribution is 2.36. The van der Waals surface area contributed by atoms with Crippen LogP contribution in [-0.4, -0.2) is 37.6 Å². The Kier molecular flexibility index (Phi) is 7.64. The van der Waals surface area contributed by atoms with Crippen molar-refractivity contribution in [3.8, 4) is 0 Å². The summed E-state index contributed by atoms with van der Waals surface area (Å²) in [7, 11) is 2.10. The van der Waals surface area contributed by atoms with Crippen molar-refractivity contribution in [3.63, 3.8) is 0 Å². The molecule has 1 aliphatic heterocycles. The zero-order chi connectivity index (χ0) is 17.5. The van der Waals surface area contributed by atoms with Gasteiger partial charge in [0, 0.05) is 17.6 Å². The summed E-state index contributed by atoms with van der Waals surface area (Å²) < 4.78 is 0. The van der Waals surface area contributed by atoms with Gasteiger partial charge in [0.2, 0.25) is 0 Å². The molecule has 2 aliphatic rings. The highest BCUT2D eigenvalue weighted by molar-refractivity contribution is 6.30. The fourth-order valence-corrected chi connectivity index (χ4v) is 5.04. The Balaban J connectivity index is 1.72. The topological polar surface area (TPSA) is 15.3 Å². The summed E-state index contributed by atoms with van der Waals surface area (Å²) in [5.74, 6) is 1.46. The highest BCUT2D eigenvalue weighted by Gasteiger charge is 2.27. The minimum atomic E-state index is 0.642. The van der Waals surface area contributed by atoms with E-state index in [1.165, 1.54) is 83.0 Å². The van der Waals surface area contributed by atoms with Crippen LogP contribution in [0.5, 0.6) is 0 Å². The number of likely N-dealkylation sites (tertiary alicyclic amines) is 1. The molecule has 3 rings (SSSR count). The average Bonchev–Trinajstić information content (AvgIpc) is 2.60. The average molecular weight is 363 g/mol. The normalized spacial score (nSPS) is 23.1. The molecule has 25 heavy (non-hydrogen) atoms. The van der Waals surface area contributed by atoms with E-state index in [2.05, 4.69) is 35.5 Å². The summed E-state index contributed by atoms with van der Waals surface area (Å²) in [5.41, 5.74) is 1.47. The molecule has 0 aromatic heterocycles. The van der Waals surface area contributed by atoms with Crippen molar-refractivity contribution < 1.29 is 0 Å². The van der Waals surface area contributed by atoms with Gasteiger partial charge in [-0.2, -0.15) is 0 Å². The summed E-state index contributed by atoms with van der Waals surface area (Å²) in [4.78, 5) is 2.71. The molecule has 1 N–H and O–H groups in total. The predicted molar refractivity (Wildman–Crippen MR) is 109 cm³/mol. The van der Waals surface area contributed by atoms with Crippen LogP contribution >= 0.6 is 11.6 Å². The Hall–Kier alpha value is -0.570. The zero-order valence-electron chi connectivity index (χ0n) is 15.9. The Labute approximate surface area is 159 Å². The maximum absolute atomic E-state index is 6.34. The molecule has 2 nitrogen and oxygen atoms in total. The molecule has 1 aliphatic carbocycles. The lowest BCUT2D eigenvalue weighted by atomic mass is 9.78. The zero-order valence-corrected chi connectivity index (χ0v) is 16.6. The van der Waals surface area contributed by atoms with Gasteiger partial charge < -0.3 is 10.2 Å². The SMILES string of the molecule is CNC1CCN(CC(c2cccc(Cl)c2)C2CCCCCCC2)CC1. The van der Waals surface area contributed by atoms with Gasteiger partial charge in [0.15, 0.2) is 0 Å². The fraction of sp³-hybridized carbons (Fsp3) is 0.727. The Bertz CT molecular complexity index is 503. The third-order valence-electron chi connectivity index (χ3n) is 6.45. The van der Waals surface area contributed by atoms with Crippen LogP contribution in [0, 0.1) is 5.92 Å². The predicted octanol–water partition coefficient (Wildman–Crippen LogP) is 5.47. The molecule has 1 atom stereocenters. The molecule has 1 aromatic rings. The number of hydrogen-bond donors (Lipinski definition) is 1. The second kappa shape index (κ2) is 9.94. The molecule has 0 amide bonds. The quantitative estimate of drug-likeness (QED) is 0.747. The molecular formula is C22H35ClN2. The Morgan fingerprint density at radius 2 is 1.72 bits per heavy atom. The van der Waals surface area contributed by atoms with Gasteiger partial charge in [0.25, 0.3) is 0 Å². The third-order valence-corrected chi connectivity index (χ3v) is 6.68. The van der Waals surface area contributed by atoms with E-state index in [-0.39, 0.29) is 0 Å². The second-order valence-corrected chi connectivity index (χ2v) is 8.57. The van der Waals surface area contributed by atoms with Gasteiger partial charge in [0.1, 0.15) is 0 Å². The molecular weight excluding hydrogens is 328 g/mol. The summed E-state index contributed by atoms with van der Waals surface area (Å²) >= 11 is 6.34. The first-order valence-corrected chi connectivity index (χ1v) is 10.8. The van der Waals surface area contributed by atoms with Gasteiger partial charge in [-0.15, -0.1) is 0 Å². The van der Waals surface area contributed by atoms with E-state index >= 15 is 0 Å². The molecule has 0 spiro atoms. The highest BCUT2D eigenvalue weighted by atomic mass is 35.5. The van der Waals surface area contributed by atoms with Gasteiger partial charge in [-0.05, 0) is 75.4 Å². The van der Waals surface area contributed by atoms with E-state index in [0.29, 0.717) is 12.0 Å². The molecule has 1 aromatic carbocycles. The van der Waals surface area contributed by atoms with E-state index < -0.39 is 0 Å². The first-order chi connectivity index (χ1) is 12.3. The van der Waals surface area contributed by atoms with Crippen LogP contribution in [0.3, 0.4) is 0 Å². The van der Waals surface area contributed by atoms with Crippen LogP contribution in [0.15, 0.2) is 24.3 Å². The summed E-state index contributed by atoms with van der Waals surface area (Å²) in [6.45, 7) is 3.67. The number of rotatable bonds is 5. The molecule has 140 valence electrons. The van der Waals surface area contributed by atoms with Gasteiger partial charge in [-0.1, -0.05) is 55.8 Å². The first-order valence-electron chi connectivity index (χ1n) is 10.4. The summed E-state index contributed by atoms with van der Waals surface area (Å²) in [6, 6.07) is 9.41. The number of nitrogens with one attached hydrogen (secondary N) is 1. The van der Waals surface area contributed by atoms with Crippen LogP contribution in [0.4, 0.5) is 0 Å². The maximum atomic E-state index is 6.34. The van der Waals surface area contributed by atoms with E-state index in [1.807, 2.05) is 6.07 Å². The van der Waals surface area contributed by atoms with Crippen LogP contribution in [0.1, 0.15) is 69.3 Å². The first kappa shape index (κ1) is 19.2. The van der Waals surface area contributed by atoms with Crippen molar-refractivity contribution >= 4 is 11.6 Å². The Morgan fingerprint density at radius 1 is 1.04 bits per heavy atom. The lowest BCUT2D eigenvalue weighted by molar-refractivity contribution is 0.167. The smallest absolute Gasteiger partial charge is 0.0408 e. The van der Waals surface area contributed by atoms with Crippen LogP contribution in [-0.2, 0) is 0 Å². The van der Waals surface area contributed by atoms with Gasteiger partial charge in [-0.3, -0.25) is 0 Å². The number of halogens is 1. The largest absolute Gasteiger partial charge is 0.317 e. The summed E-state index contributed by atoms with van der Waals surface area (Å²) in [6.07, 6.45) is 12.4. The number of hydrogen-bond acceptors (Lipinski definition) is 2. The molecule has 1 heterocycles. The third kappa shape index (κ3) is 5.70. The lowest BCUT2D eigenvalue weighted by Gasteiger charge is -2.37. The van der Waals surface area contributed by atoms with E-state index in [4.69, 9.17) is 11.6 Å². The second-order valence-electron chi connectivity index (χ2n) is 8.13. The van der Waals surface area contributed by atoms with Gasteiger partial charge in [-0.25, -0.2) is 0 Å². The van der Waals surface area contributed by atoms with Crippen LogP contribution in [0.25, 0.3) is 0 Å². The van der Waals surface area contributed by atoms with E-state index in [9.17, 15) is 0 Å². The number of benzene rings is 1. The van der Waals surface area contributed by atoms with Crippen LogP contribution < -0.4 is 5.32 Å². The molecule has 2 fully saturated rings. The van der Waals surface area contributed by atoms with Crippen molar-refractivity contribution in [2.45, 2.75) is 69.7 Å². The van der Waals surface area contributed by atoms with Crippen molar-refractivity contribution in [2.75, 3.05) is 26.7 Å². The van der Waals surface area contributed by atoms with Gasteiger partial charge >= 0.3 is 0 Å². The maximum Gasteiger partial charge on any atom is 0.0408 e. The molecule has 1 saturated heterocycles. The molecule has 0 bridgehead atoms. The van der Waals surface area contributed by atoms with E-state index in [1.54, 1.807) is 0 Å². The lowest BCUT2D eigenvalue weighted by Crippen LogP contribution is -2.43. The van der Waals surface area contributed by atoms with Crippen molar-refractivity contribution in [1.29, 1.82) is 0 Å². The minimum absolute atomic E-state index is 0.642. The monoisotopic (exact) mass is 362 g/mol. The Morgan fingerprint density at radius 3 is 2.36 bits per heavy atom. The van der Waals surface area contributed by atoms with Crippen molar-refractivity contribution in [2.24, 2.45) is 5.92 Å². The standard InChI is InChI=1S/C22H35ClN2/c1-24-21-12-14-25(15-13-21)17-22(19-10-7-11-20(23)16-19)18-8-5-3-2-4-6-9-18/h7,10-11,16,18,21-22,24H,2-6,8-9,12-15,17H2,1H3.